The molecule has 2 atom stereocenters. The van der Waals surface area contributed by atoms with Crippen LogP contribution in [0.25, 0.3) is 0 Å². The summed E-state index contributed by atoms with van der Waals surface area (Å²) < 4.78 is 27.4. The second kappa shape index (κ2) is 15.0. The molecule has 0 aliphatic carbocycles. The van der Waals surface area contributed by atoms with Crippen LogP contribution in [-0.4, -0.2) is 67.9 Å². The maximum absolute atomic E-state index is 12.9. The lowest BCUT2D eigenvalue weighted by Gasteiger charge is -2.28. The van der Waals surface area contributed by atoms with Gasteiger partial charge >= 0.3 is 5.97 Å². The number of likely N-dealkylation sites (N-methyl/N-ethyl adjacent to an activating group) is 1. The summed E-state index contributed by atoms with van der Waals surface area (Å²) >= 11 is 5.83. The van der Waals surface area contributed by atoms with E-state index in [0.29, 0.717) is 16.3 Å². The van der Waals surface area contributed by atoms with E-state index < -0.39 is 57.7 Å². The standard InChI is InChI=1S/C27H37ClN6O7S/c1-17(34(5)24(37)22(15-35)33-42(39,40)16-19-6-10-20(28)11-7-19)23(36)30-14-18-8-12-21(13-9-18)31-26(29)32-41-25(38)27(2,3)4/h6-13,17,22,33,35H,14-16H2,1-5H3,(H,30,36)(H3,29,31,32). The van der Waals surface area contributed by atoms with Gasteiger partial charge in [0.15, 0.2) is 0 Å². The maximum Gasteiger partial charge on any atom is 0.337 e. The molecule has 230 valence electrons. The van der Waals surface area contributed by atoms with Gasteiger partial charge in [-0.1, -0.05) is 35.9 Å². The zero-order valence-electron chi connectivity index (χ0n) is 24.0. The van der Waals surface area contributed by atoms with Crippen LogP contribution in [0, 0.1) is 5.41 Å². The third-order valence-electron chi connectivity index (χ3n) is 5.89. The topological polar surface area (TPSA) is 193 Å². The van der Waals surface area contributed by atoms with Crippen molar-refractivity contribution in [1.82, 2.24) is 20.4 Å². The number of nitrogens with two attached hydrogens (primary N) is 1. The predicted octanol–water partition coefficient (Wildman–Crippen LogP) is 1.32. The number of aliphatic hydroxyl groups excluding tert-OH is 1. The van der Waals surface area contributed by atoms with Crippen LogP contribution < -0.4 is 21.3 Å². The Morgan fingerprint density at radius 3 is 2.19 bits per heavy atom. The van der Waals surface area contributed by atoms with E-state index in [4.69, 9.17) is 22.2 Å². The van der Waals surface area contributed by atoms with Crippen molar-refractivity contribution in [2.45, 2.75) is 52.1 Å². The molecule has 0 heterocycles. The second-order valence-corrected chi connectivity index (χ2v) is 12.7. The third kappa shape index (κ3) is 10.9. The van der Waals surface area contributed by atoms with Gasteiger partial charge in [-0.3, -0.25) is 9.59 Å². The Bertz CT molecular complexity index is 1380. The Kier molecular flexibility index (Phi) is 12.3. The number of nitrogens with zero attached hydrogens (tertiary/aromatic N) is 2. The second-order valence-electron chi connectivity index (χ2n) is 10.5. The van der Waals surface area contributed by atoms with Crippen molar-refractivity contribution < 1.29 is 32.7 Å². The van der Waals surface area contributed by atoms with E-state index >= 15 is 0 Å². The lowest BCUT2D eigenvalue weighted by Crippen LogP contribution is -2.54. The van der Waals surface area contributed by atoms with E-state index in [1.165, 1.54) is 26.1 Å². The Hall–Kier alpha value is -3.72. The maximum atomic E-state index is 12.9. The lowest BCUT2D eigenvalue weighted by molar-refractivity contribution is -0.157. The number of aliphatic imine (C=N–C) groups is 1. The number of aliphatic hydroxyl groups is 1. The highest BCUT2D eigenvalue weighted by atomic mass is 35.5. The minimum atomic E-state index is -4.00. The van der Waals surface area contributed by atoms with Gasteiger partial charge in [-0.25, -0.2) is 22.9 Å². The summed E-state index contributed by atoms with van der Waals surface area (Å²) in [6.45, 7) is 5.89. The Balaban J connectivity index is 1.91. The van der Waals surface area contributed by atoms with Crippen molar-refractivity contribution in [1.29, 1.82) is 0 Å². The summed E-state index contributed by atoms with van der Waals surface area (Å²) in [5, 5.41) is 12.9. The summed E-state index contributed by atoms with van der Waals surface area (Å²) in [4.78, 5) is 47.5. The Morgan fingerprint density at radius 1 is 1.07 bits per heavy atom. The van der Waals surface area contributed by atoms with E-state index in [0.717, 1.165) is 10.5 Å². The molecule has 42 heavy (non-hydrogen) atoms. The molecule has 0 fully saturated rings. The number of hydroxylamine groups is 1. The van der Waals surface area contributed by atoms with Crippen LogP contribution in [0.4, 0.5) is 5.69 Å². The van der Waals surface area contributed by atoms with Crippen molar-refractivity contribution >= 4 is 51.1 Å². The van der Waals surface area contributed by atoms with E-state index in [-0.39, 0.29) is 12.5 Å². The minimum Gasteiger partial charge on any atom is -0.394 e. The summed E-state index contributed by atoms with van der Waals surface area (Å²) in [6, 6.07) is 10.4. The fourth-order valence-electron chi connectivity index (χ4n) is 3.28. The van der Waals surface area contributed by atoms with Crippen molar-refractivity contribution in [2.24, 2.45) is 16.1 Å². The zero-order chi connectivity index (χ0) is 31.7. The monoisotopic (exact) mass is 624 g/mol. The van der Waals surface area contributed by atoms with E-state index in [1.807, 2.05) is 0 Å². The van der Waals surface area contributed by atoms with Gasteiger partial charge in [0.1, 0.15) is 12.1 Å². The van der Waals surface area contributed by atoms with E-state index in [1.54, 1.807) is 57.2 Å². The average molecular weight is 625 g/mol. The van der Waals surface area contributed by atoms with Gasteiger partial charge in [-0.2, -0.15) is 5.48 Å². The lowest BCUT2D eigenvalue weighted by atomic mass is 9.98. The number of hydrogen-bond acceptors (Lipinski definition) is 8. The van der Waals surface area contributed by atoms with Gasteiger partial charge in [-0.05, 0) is 63.1 Å². The summed E-state index contributed by atoms with van der Waals surface area (Å²) in [5.41, 5.74) is 8.95. The van der Waals surface area contributed by atoms with Crippen LogP contribution in [0.5, 0.6) is 0 Å². The molecule has 2 unspecified atom stereocenters. The number of benzene rings is 2. The average Bonchev–Trinajstić information content (AvgIpc) is 2.93. The minimum absolute atomic E-state index is 0.122. The molecular weight excluding hydrogens is 588 g/mol. The molecule has 15 heteroatoms. The van der Waals surface area contributed by atoms with Crippen LogP contribution in [0.15, 0.2) is 53.5 Å². The van der Waals surface area contributed by atoms with Crippen molar-refractivity contribution in [3.63, 3.8) is 0 Å². The summed E-state index contributed by atoms with van der Waals surface area (Å²) in [6.07, 6.45) is 0. The van der Waals surface area contributed by atoms with Gasteiger partial charge in [-0.15, -0.1) is 0 Å². The SMILES string of the molecule is CC(C(=O)NCc1ccc(N=C(N)NOC(=O)C(C)(C)C)cc1)N(C)C(=O)C(CO)NS(=O)(=O)Cc1ccc(Cl)cc1. The van der Waals surface area contributed by atoms with Crippen molar-refractivity contribution in [2.75, 3.05) is 13.7 Å². The number of nitrogens with one attached hydrogen (secondary N) is 3. The van der Waals surface area contributed by atoms with Crippen LogP contribution in [-0.2, 0) is 41.5 Å². The van der Waals surface area contributed by atoms with Crippen LogP contribution >= 0.6 is 11.6 Å². The summed E-state index contributed by atoms with van der Waals surface area (Å²) in [5.74, 6) is -2.32. The quantitative estimate of drug-likeness (QED) is 0.139. The molecule has 0 aliphatic heterocycles. The van der Waals surface area contributed by atoms with Crippen LogP contribution in [0.3, 0.4) is 0 Å². The van der Waals surface area contributed by atoms with Gasteiger partial charge in [0.25, 0.3) is 0 Å². The third-order valence-corrected chi connectivity index (χ3v) is 7.50. The smallest absolute Gasteiger partial charge is 0.337 e. The van der Waals surface area contributed by atoms with Crippen molar-refractivity contribution in [3.8, 4) is 0 Å². The molecule has 0 bridgehead atoms. The number of rotatable bonds is 11. The Morgan fingerprint density at radius 2 is 1.64 bits per heavy atom. The number of amides is 2. The predicted molar refractivity (Wildman–Crippen MR) is 159 cm³/mol. The van der Waals surface area contributed by atoms with Gasteiger partial charge in [0.05, 0.1) is 23.5 Å². The molecule has 2 aromatic carbocycles. The highest BCUT2D eigenvalue weighted by Gasteiger charge is 2.31. The van der Waals surface area contributed by atoms with Gasteiger partial charge in [0.2, 0.25) is 27.8 Å². The number of halogens is 1. The van der Waals surface area contributed by atoms with Gasteiger partial charge in [0, 0.05) is 18.6 Å². The number of carbonyl (C=O) groups is 3. The number of carbonyl (C=O) groups excluding carboxylic acids is 3. The molecule has 2 rings (SSSR count). The first-order chi connectivity index (χ1) is 19.5. The summed E-state index contributed by atoms with van der Waals surface area (Å²) in [7, 11) is -2.66. The van der Waals surface area contributed by atoms with E-state index in [2.05, 4.69) is 20.5 Å². The highest BCUT2D eigenvalue weighted by molar-refractivity contribution is 7.88. The first-order valence-electron chi connectivity index (χ1n) is 12.8. The number of hydrogen-bond donors (Lipinski definition) is 5. The molecule has 0 aromatic heterocycles. The fourth-order valence-corrected chi connectivity index (χ4v) is 4.73. The normalized spacial score (nSPS) is 13.5. The highest BCUT2D eigenvalue weighted by Crippen LogP contribution is 2.16. The molecule has 0 saturated heterocycles. The van der Waals surface area contributed by atoms with Gasteiger partial charge < -0.3 is 25.9 Å². The number of guanidine groups is 1. The molecule has 2 amide bonds. The van der Waals surface area contributed by atoms with Crippen LogP contribution in [0.1, 0.15) is 38.8 Å². The Labute approximate surface area is 250 Å². The largest absolute Gasteiger partial charge is 0.394 e. The molecule has 6 N–H and O–H groups in total. The molecule has 0 aliphatic rings. The zero-order valence-corrected chi connectivity index (χ0v) is 25.6. The molecule has 13 nitrogen and oxygen atoms in total. The van der Waals surface area contributed by atoms with Crippen molar-refractivity contribution in [3.05, 3.63) is 64.7 Å². The first kappa shape index (κ1) is 34.5. The first-order valence-corrected chi connectivity index (χ1v) is 14.9. The number of sulfonamides is 1. The molecular formula is C27H37ClN6O7S. The fraction of sp³-hybridized carbons (Fsp3) is 0.407. The molecule has 2 aromatic rings. The van der Waals surface area contributed by atoms with Crippen LogP contribution in [0.2, 0.25) is 5.02 Å². The molecule has 0 saturated carbocycles. The molecule has 0 radical (unpaired) electrons. The van der Waals surface area contributed by atoms with E-state index in [9.17, 15) is 27.9 Å². The molecule has 0 spiro atoms.